The molecule has 1 aliphatic rings. The third-order valence-electron chi connectivity index (χ3n) is 6.73. The number of rotatable bonds is 3. The van der Waals surface area contributed by atoms with Gasteiger partial charge >= 0.3 is 0 Å². The Labute approximate surface area is 188 Å². The minimum Gasteiger partial charge on any atom is -0.355 e. The van der Waals surface area contributed by atoms with Gasteiger partial charge in [-0.3, -0.25) is 0 Å². The van der Waals surface area contributed by atoms with Gasteiger partial charge in [-0.15, -0.1) is 0 Å². The quantitative estimate of drug-likeness (QED) is 0.314. The first-order valence-corrected chi connectivity index (χ1v) is 11.4. The number of nitrogens with one attached hydrogen (secondary N) is 1. The Balaban J connectivity index is 1.73. The first-order valence-electron chi connectivity index (χ1n) is 11.4. The number of aromatic nitrogens is 1. The Morgan fingerprint density at radius 2 is 1.50 bits per heavy atom. The van der Waals surface area contributed by atoms with Gasteiger partial charge in [-0.2, -0.15) is 0 Å². The van der Waals surface area contributed by atoms with Crippen LogP contribution in [-0.2, 0) is 0 Å². The fourth-order valence-corrected chi connectivity index (χ4v) is 5.18. The molecule has 1 aromatic heterocycles. The van der Waals surface area contributed by atoms with E-state index in [2.05, 4.69) is 121 Å². The maximum atomic E-state index is 3.75. The number of allylic oxidation sites excluding steroid dienone is 1. The van der Waals surface area contributed by atoms with Crippen LogP contribution in [0.5, 0.6) is 0 Å². The summed E-state index contributed by atoms with van der Waals surface area (Å²) in [6.07, 6.45) is 5.71. The average Bonchev–Trinajstić information content (AvgIpc) is 3.17. The molecule has 0 spiro atoms. The number of para-hydroxylation sites is 2. The summed E-state index contributed by atoms with van der Waals surface area (Å²) in [4.78, 5) is 0. The van der Waals surface area contributed by atoms with Crippen LogP contribution >= 0.6 is 0 Å². The zero-order valence-electron chi connectivity index (χ0n) is 18.5. The van der Waals surface area contributed by atoms with E-state index in [9.17, 15) is 0 Å². The second-order valence-electron chi connectivity index (χ2n) is 8.81. The third-order valence-corrected chi connectivity index (χ3v) is 6.73. The van der Waals surface area contributed by atoms with Crippen LogP contribution in [0.4, 0.5) is 11.4 Å². The van der Waals surface area contributed by atoms with Crippen LogP contribution < -0.4 is 5.32 Å². The lowest BCUT2D eigenvalue weighted by Gasteiger charge is -2.16. The van der Waals surface area contributed by atoms with E-state index in [-0.39, 0.29) is 0 Å². The Kier molecular flexibility index (Phi) is 4.39. The van der Waals surface area contributed by atoms with E-state index in [1.807, 2.05) is 0 Å². The highest BCUT2D eigenvalue weighted by atomic mass is 15.0. The van der Waals surface area contributed by atoms with Crippen LogP contribution in [0.1, 0.15) is 36.1 Å². The number of fused-ring (bicyclic) bond motifs is 5. The third kappa shape index (κ3) is 2.87. The van der Waals surface area contributed by atoms with Crippen molar-refractivity contribution in [2.75, 3.05) is 5.32 Å². The van der Waals surface area contributed by atoms with Crippen LogP contribution in [0.15, 0.2) is 91.0 Å². The van der Waals surface area contributed by atoms with Gasteiger partial charge in [-0.05, 0) is 60.7 Å². The van der Waals surface area contributed by atoms with Crippen LogP contribution in [0, 0.1) is 6.92 Å². The van der Waals surface area contributed by atoms with E-state index in [0.29, 0.717) is 5.92 Å². The number of nitrogens with zero attached hydrogens (tertiary/aromatic N) is 1. The summed E-state index contributed by atoms with van der Waals surface area (Å²) >= 11 is 0. The van der Waals surface area contributed by atoms with Crippen molar-refractivity contribution in [3.63, 3.8) is 0 Å². The van der Waals surface area contributed by atoms with Gasteiger partial charge in [0.2, 0.25) is 0 Å². The summed E-state index contributed by atoms with van der Waals surface area (Å²) in [5.41, 5.74) is 8.83. The van der Waals surface area contributed by atoms with Crippen molar-refractivity contribution in [3.8, 4) is 5.69 Å². The molecule has 1 heterocycles. The molecule has 32 heavy (non-hydrogen) atoms. The fraction of sp³-hybridized carbons (Fsp3) is 0.133. The first kappa shape index (κ1) is 18.9. The molecule has 0 aliphatic heterocycles. The predicted octanol–water partition coefficient (Wildman–Crippen LogP) is 8.36. The Morgan fingerprint density at radius 1 is 0.781 bits per heavy atom. The molecule has 2 heteroatoms. The van der Waals surface area contributed by atoms with Crippen molar-refractivity contribution < 1.29 is 0 Å². The van der Waals surface area contributed by atoms with Gasteiger partial charge in [0.25, 0.3) is 0 Å². The molecule has 156 valence electrons. The van der Waals surface area contributed by atoms with E-state index in [1.165, 1.54) is 44.2 Å². The summed E-state index contributed by atoms with van der Waals surface area (Å²) in [6, 6.07) is 30.4. The van der Waals surface area contributed by atoms with Gasteiger partial charge < -0.3 is 9.88 Å². The molecule has 0 bridgehead atoms. The number of hydrogen-bond acceptors (Lipinski definition) is 1. The largest absolute Gasteiger partial charge is 0.355 e. The maximum Gasteiger partial charge on any atom is 0.0617 e. The highest BCUT2D eigenvalue weighted by molar-refractivity contribution is 6.15. The molecule has 4 aromatic carbocycles. The zero-order valence-corrected chi connectivity index (χ0v) is 18.5. The van der Waals surface area contributed by atoms with Crippen molar-refractivity contribution in [1.29, 1.82) is 0 Å². The van der Waals surface area contributed by atoms with Gasteiger partial charge in [0.1, 0.15) is 0 Å². The molecular formula is C30H26N2. The minimum absolute atomic E-state index is 0.481. The van der Waals surface area contributed by atoms with Crippen molar-refractivity contribution in [2.45, 2.75) is 26.2 Å². The van der Waals surface area contributed by atoms with E-state index in [4.69, 9.17) is 0 Å². The molecule has 1 aliphatic carbocycles. The van der Waals surface area contributed by atoms with Crippen LogP contribution in [-0.4, -0.2) is 4.57 Å². The molecule has 0 amide bonds. The topological polar surface area (TPSA) is 17.0 Å². The molecule has 0 fully saturated rings. The molecule has 1 N–H and O–H groups in total. The van der Waals surface area contributed by atoms with Crippen LogP contribution in [0.2, 0.25) is 0 Å². The number of benzene rings is 4. The maximum absolute atomic E-state index is 3.75. The highest BCUT2D eigenvalue weighted by Crippen LogP contribution is 2.44. The molecule has 1 atom stereocenters. The monoisotopic (exact) mass is 414 g/mol. The molecule has 0 saturated carbocycles. The summed E-state index contributed by atoms with van der Waals surface area (Å²) in [6.45, 7) is 4.50. The van der Waals surface area contributed by atoms with E-state index in [0.717, 1.165) is 17.8 Å². The zero-order chi connectivity index (χ0) is 21.7. The summed E-state index contributed by atoms with van der Waals surface area (Å²) in [5, 5.41) is 7.61. The highest BCUT2D eigenvalue weighted by Gasteiger charge is 2.25. The smallest absolute Gasteiger partial charge is 0.0617 e. The average molecular weight is 415 g/mol. The van der Waals surface area contributed by atoms with Gasteiger partial charge in [0, 0.05) is 33.2 Å². The Morgan fingerprint density at radius 3 is 2.31 bits per heavy atom. The molecule has 0 saturated heterocycles. The minimum atomic E-state index is 0.481. The first-order chi connectivity index (χ1) is 15.7. The Bertz CT molecular complexity index is 1490. The predicted molar refractivity (Wildman–Crippen MR) is 137 cm³/mol. The second kappa shape index (κ2) is 7.42. The van der Waals surface area contributed by atoms with Crippen LogP contribution in [0.3, 0.4) is 0 Å². The lowest BCUT2D eigenvalue weighted by molar-refractivity contribution is 0.773. The van der Waals surface area contributed by atoms with Crippen LogP contribution in [0.25, 0.3) is 33.4 Å². The van der Waals surface area contributed by atoms with Gasteiger partial charge in [0.05, 0.1) is 11.2 Å². The van der Waals surface area contributed by atoms with E-state index in [1.54, 1.807) is 0 Å². The van der Waals surface area contributed by atoms with Gasteiger partial charge in [0.15, 0.2) is 0 Å². The van der Waals surface area contributed by atoms with Crippen molar-refractivity contribution >= 4 is 39.1 Å². The van der Waals surface area contributed by atoms with Crippen molar-refractivity contribution in [2.24, 2.45) is 0 Å². The number of anilines is 2. The molecular weight excluding hydrogens is 388 g/mol. The normalized spacial score (nSPS) is 15.2. The fourth-order valence-electron chi connectivity index (χ4n) is 5.18. The van der Waals surface area contributed by atoms with Crippen molar-refractivity contribution in [1.82, 2.24) is 4.57 Å². The van der Waals surface area contributed by atoms with Gasteiger partial charge in [-0.1, -0.05) is 73.7 Å². The summed E-state index contributed by atoms with van der Waals surface area (Å²) < 4.78 is 2.46. The number of aryl methyl sites for hydroxylation is 1. The molecule has 6 rings (SSSR count). The summed E-state index contributed by atoms with van der Waals surface area (Å²) in [5.74, 6) is 0.481. The molecule has 5 aromatic rings. The lowest BCUT2D eigenvalue weighted by atomic mass is 9.90. The second-order valence-corrected chi connectivity index (χ2v) is 8.81. The van der Waals surface area contributed by atoms with E-state index >= 15 is 0 Å². The standard InChI is InChI=1S/C30H26N2/c1-20-11-6-9-17-26(20)31-27-19-25-29-21(2)12-10-18-28(29)32(22-13-4-3-5-14-22)30(25)24-16-8-7-15-23(24)27/h3-11,13-19,21,31H,12H2,1-2H3. The molecule has 1 unspecified atom stereocenters. The number of hydrogen-bond donors (Lipinski definition) is 1. The lowest BCUT2D eigenvalue weighted by Crippen LogP contribution is -2.02. The Hall–Kier alpha value is -3.78. The van der Waals surface area contributed by atoms with Gasteiger partial charge in [-0.25, -0.2) is 0 Å². The van der Waals surface area contributed by atoms with E-state index < -0.39 is 0 Å². The van der Waals surface area contributed by atoms with Crippen molar-refractivity contribution in [3.05, 3.63) is 108 Å². The summed E-state index contributed by atoms with van der Waals surface area (Å²) in [7, 11) is 0. The molecule has 0 radical (unpaired) electrons. The molecule has 2 nitrogen and oxygen atoms in total. The SMILES string of the molecule is Cc1ccccc1Nc1cc2c3c(n(-c4ccccc4)c2c2ccccc12)C=CCC3C.